The van der Waals surface area contributed by atoms with Crippen molar-refractivity contribution in [3.05, 3.63) is 28.8 Å². The molecule has 0 aromatic heterocycles. The predicted molar refractivity (Wildman–Crippen MR) is 90.7 cm³/mol. The van der Waals surface area contributed by atoms with Gasteiger partial charge < -0.3 is 5.73 Å². The smallest absolute Gasteiger partial charge is 0.244 e. The number of hydrogen-bond acceptors (Lipinski definition) is 3. The maximum atomic E-state index is 12.5. The second kappa shape index (κ2) is 8.34. The highest BCUT2D eigenvalue weighted by Crippen LogP contribution is 2.25. The Hall–Kier alpha value is -0.330. The van der Waals surface area contributed by atoms with E-state index in [2.05, 4.69) is 0 Å². The van der Waals surface area contributed by atoms with E-state index in [1.807, 2.05) is 20.8 Å². The second-order valence-electron chi connectivity index (χ2n) is 5.46. The van der Waals surface area contributed by atoms with Crippen LogP contribution in [0.2, 0.25) is 5.02 Å². The highest BCUT2D eigenvalue weighted by molar-refractivity contribution is 7.89. The van der Waals surface area contributed by atoms with Gasteiger partial charge in [-0.1, -0.05) is 31.5 Å². The Morgan fingerprint density at radius 3 is 2.43 bits per heavy atom. The SMILES string of the molecule is Cc1ccc(Cl)c(S(=O)(=O)N(C)CCC(N)C(C)C)c1.Cl. The third kappa shape index (κ3) is 5.42. The topological polar surface area (TPSA) is 63.4 Å². The lowest BCUT2D eigenvalue weighted by molar-refractivity contribution is 0.397. The van der Waals surface area contributed by atoms with Gasteiger partial charge in [0, 0.05) is 19.6 Å². The van der Waals surface area contributed by atoms with Gasteiger partial charge in [-0.3, -0.25) is 0 Å². The normalized spacial score (nSPS) is 13.3. The first-order valence-electron chi connectivity index (χ1n) is 6.64. The number of nitrogens with two attached hydrogens (primary N) is 1. The first-order valence-corrected chi connectivity index (χ1v) is 8.46. The monoisotopic (exact) mass is 354 g/mol. The van der Waals surface area contributed by atoms with Crippen LogP contribution in [0, 0.1) is 12.8 Å². The number of sulfonamides is 1. The van der Waals surface area contributed by atoms with Crippen molar-refractivity contribution >= 4 is 34.0 Å². The largest absolute Gasteiger partial charge is 0.327 e. The summed E-state index contributed by atoms with van der Waals surface area (Å²) >= 11 is 6.01. The molecule has 0 aliphatic rings. The van der Waals surface area contributed by atoms with Crippen LogP contribution < -0.4 is 5.73 Å². The van der Waals surface area contributed by atoms with E-state index in [1.165, 1.54) is 4.31 Å². The molecule has 1 aromatic carbocycles. The van der Waals surface area contributed by atoms with Gasteiger partial charge in [-0.25, -0.2) is 12.7 Å². The first kappa shape index (κ1) is 20.7. The van der Waals surface area contributed by atoms with Crippen molar-refractivity contribution in [3.8, 4) is 0 Å². The lowest BCUT2D eigenvalue weighted by Gasteiger charge is -2.21. The summed E-state index contributed by atoms with van der Waals surface area (Å²) in [4.78, 5) is 0.153. The Morgan fingerprint density at radius 1 is 1.33 bits per heavy atom. The molecule has 0 fully saturated rings. The molecule has 1 aromatic rings. The minimum absolute atomic E-state index is 0. The Morgan fingerprint density at radius 2 is 1.90 bits per heavy atom. The summed E-state index contributed by atoms with van der Waals surface area (Å²) in [5.41, 5.74) is 6.81. The zero-order valence-electron chi connectivity index (χ0n) is 12.8. The molecule has 4 nitrogen and oxygen atoms in total. The Labute approximate surface area is 139 Å². The number of rotatable bonds is 6. The summed E-state index contributed by atoms with van der Waals surface area (Å²) in [5.74, 6) is 0.327. The maximum Gasteiger partial charge on any atom is 0.244 e. The molecular weight excluding hydrogens is 331 g/mol. The van der Waals surface area contributed by atoms with Crippen LogP contribution in [0.5, 0.6) is 0 Å². The van der Waals surface area contributed by atoms with E-state index in [0.717, 1.165) is 5.56 Å². The summed E-state index contributed by atoms with van der Waals surface area (Å²) in [5, 5.41) is 0.246. The van der Waals surface area contributed by atoms with Crippen LogP contribution in [0.4, 0.5) is 0 Å². The molecule has 0 saturated carbocycles. The number of aryl methyl sites for hydroxylation is 1. The van der Waals surface area contributed by atoms with E-state index >= 15 is 0 Å². The number of halogens is 2. The van der Waals surface area contributed by atoms with E-state index in [-0.39, 0.29) is 28.4 Å². The molecule has 0 heterocycles. The molecule has 1 rings (SSSR count). The van der Waals surface area contributed by atoms with Crippen LogP contribution in [0.25, 0.3) is 0 Å². The third-order valence-corrected chi connectivity index (χ3v) is 5.75. The predicted octanol–water partition coefficient (Wildman–Crippen LogP) is 3.06. The summed E-state index contributed by atoms with van der Waals surface area (Å²) in [7, 11) is -2.01. The molecule has 0 aliphatic heterocycles. The van der Waals surface area contributed by atoms with Crippen LogP contribution in [-0.4, -0.2) is 32.4 Å². The molecule has 1 unspecified atom stereocenters. The van der Waals surface area contributed by atoms with Gasteiger partial charge in [-0.15, -0.1) is 12.4 Å². The lowest BCUT2D eigenvalue weighted by Crippen LogP contribution is -2.34. The summed E-state index contributed by atoms with van der Waals surface area (Å²) < 4.78 is 26.3. The average Bonchev–Trinajstić information content (AvgIpc) is 2.37. The summed E-state index contributed by atoms with van der Waals surface area (Å²) in [6, 6.07) is 4.98. The molecule has 0 saturated heterocycles. The Balaban J connectivity index is 0.00000400. The minimum atomic E-state index is -3.57. The van der Waals surface area contributed by atoms with Crippen LogP contribution in [-0.2, 0) is 10.0 Å². The van der Waals surface area contributed by atoms with Crippen molar-refractivity contribution in [1.29, 1.82) is 0 Å². The van der Waals surface area contributed by atoms with Gasteiger partial charge >= 0.3 is 0 Å². The molecule has 1 atom stereocenters. The molecule has 7 heteroatoms. The molecule has 0 amide bonds. The molecular formula is C14H24Cl2N2O2S. The highest BCUT2D eigenvalue weighted by Gasteiger charge is 2.24. The quantitative estimate of drug-likeness (QED) is 0.853. The van der Waals surface area contributed by atoms with Crippen molar-refractivity contribution in [2.75, 3.05) is 13.6 Å². The Kier molecular flexibility index (Phi) is 8.21. The van der Waals surface area contributed by atoms with E-state index in [9.17, 15) is 8.42 Å². The Bertz CT molecular complexity index is 562. The fraction of sp³-hybridized carbons (Fsp3) is 0.571. The van der Waals surface area contributed by atoms with Crippen LogP contribution >= 0.6 is 24.0 Å². The maximum absolute atomic E-state index is 12.5. The van der Waals surface area contributed by atoms with Crippen LogP contribution in [0.1, 0.15) is 25.8 Å². The number of benzene rings is 1. The van der Waals surface area contributed by atoms with Gasteiger partial charge in [-0.05, 0) is 37.0 Å². The zero-order chi connectivity index (χ0) is 15.5. The molecule has 0 spiro atoms. The highest BCUT2D eigenvalue weighted by atomic mass is 35.5. The van der Waals surface area contributed by atoms with E-state index in [4.69, 9.17) is 17.3 Å². The molecule has 0 aliphatic carbocycles. The van der Waals surface area contributed by atoms with E-state index in [1.54, 1.807) is 25.2 Å². The number of hydrogen-bond donors (Lipinski definition) is 1. The van der Waals surface area contributed by atoms with Crippen molar-refractivity contribution in [1.82, 2.24) is 4.31 Å². The van der Waals surface area contributed by atoms with Gasteiger partial charge in [0.25, 0.3) is 0 Å². The first-order chi connectivity index (χ1) is 9.16. The molecule has 0 radical (unpaired) electrons. The zero-order valence-corrected chi connectivity index (χ0v) is 15.2. The molecule has 122 valence electrons. The van der Waals surface area contributed by atoms with Gasteiger partial charge in [0.1, 0.15) is 4.90 Å². The fourth-order valence-corrected chi connectivity index (χ4v) is 3.50. The summed E-state index contributed by atoms with van der Waals surface area (Å²) in [6.07, 6.45) is 0.622. The van der Waals surface area contributed by atoms with Crippen molar-refractivity contribution in [2.24, 2.45) is 11.7 Å². The second-order valence-corrected chi connectivity index (χ2v) is 7.88. The third-order valence-electron chi connectivity index (χ3n) is 3.41. The van der Waals surface area contributed by atoms with Gasteiger partial charge in [0.05, 0.1) is 5.02 Å². The van der Waals surface area contributed by atoms with Crippen molar-refractivity contribution in [3.63, 3.8) is 0 Å². The number of nitrogens with zero attached hydrogens (tertiary/aromatic N) is 1. The molecule has 21 heavy (non-hydrogen) atoms. The van der Waals surface area contributed by atoms with Gasteiger partial charge in [-0.2, -0.15) is 0 Å². The summed E-state index contributed by atoms with van der Waals surface area (Å²) in [6.45, 7) is 6.27. The van der Waals surface area contributed by atoms with Crippen molar-refractivity contribution < 1.29 is 8.42 Å². The van der Waals surface area contributed by atoms with E-state index in [0.29, 0.717) is 18.9 Å². The lowest BCUT2D eigenvalue weighted by atomic mass is 10.0. The van der Waals surface area contributed by atoms with Crippen LogP contribution in [0.3, 0.4) is 0 Å². The minimum Gasteiger partial charge on any atom is -0.327 e. The fourth-order valence-electron chi connectivity index (χ4n) is 1.76. The van der Waals surface area contributed by atoms with Crippen LogP contribution in [0.15, 0.2) is 23.1 Å². The van der Waals surface area contributed by atoms with Gasteiger partial charge in [0.2, 0.25) is 10.0 Å². The van der Waals surface area contributed by atoms with Crippen molar-refractivity contribution in [2.45, 2.75) is 38.1 Å². The molecule has 2 N–H and O–H groups in total. The average molecular weight is 355 g/mol. The molecule has 0 bridgehead atoms. The standard InChI is InChI=1S/C14H23ClN2O2S.ClH/c1-10(2)13(16)7-8-17(4)20(18,19)14-9-11(3)5-6-12(14)15;/h5-6,9-10,13H,7-8,16H2,1-4H3;1H. The van der Waals surface area contributed by atoms with E-state index < -0.39 is 10.0 Å². The van der Waals surface area contributed by atoms with Gasteiger partial charge in [0.15, 0.2) is 0 Å².